The molecule has 0 aliphatic carbocycles. The second-order valence-corrected chi connectivity index (χ2v) is 7.36. The van der Waals surface area contributed by atoms with E-state index in [1.54, 1.807) is 25.1 Å². The van der Waals surface area contributed by atoms with Crippen LogP contribution >= 0.6 is 11.3 Å². The summed E-state index contributed by atoms with van der Waals surface area (Å²) in [6.45, 7) is 5.16. The molecule has 2 aliphatic rings. The van der Waals surface area contributed by atoms with Gasteiger partial charge in [-0.25, -0.2) is 0 Å². The van der Waals surface area contributed by atoms with Crippen molar-refractivity contribution in [1.29, 1.82) is 0 Å². The molecule has 2 aliphatic heterocycles. The molecule has 3 rings (SSSR count). The van der Waals surface area contributed by atoms with E-state index in [4.69, 9.17) is 4.74 Å². The first-order valence-electron chi connectivity index (χ1n) is 8.25. The number of thiophene rings is 1. The summed E-state index contributed by atoms with van der Waals surface area (Å²) >= 11 is 1.34. The third kappa shape index (κ3) is 3.50. The topological polar surface area (TPSA) is 45.1 Å². The van der Waals surface area contributed by atoms with Crippen LogP contribution in [-0.2, 0) is 4.74 Å². The van der Waals surface area contributed by atoms with Gasteiger partial charge in [-0.2, -0.15) is 13.2 Å². The summed E-state index contributed by atoms with van der Waals surface area (Å²) in [7, 11) is 1.61. The van der Waals surface area contributed by atoms with Gasteiger partial charge in [0.25, 0.3) is 5.91 Å². The molecule has 9 heteroatoms. The summed E-state index contributed by atoms with van der Waals surface area (Å²) < 4.78 is 44.7. The van der Waals surface area contributed by atoms with Crippen molar-refractivity contribution in [3.05, 3.63) is 28.4 Å². The van der Waals surface area contributed by atoms with E-state index in [2.05, 4.69) is 11.6 Å². The monoisotopic (exact) mass is 387 g/mol. The Morgan fingerprint density at radius 2 is 2.15 bits per heavy atom. The minimum absolute atomic E-state index is 0.0385. The number of hydrogen-bond acceptors (Lipinski definition) is 5. The van der Waals surface area contributed by atoms with Gasteiger partial charge in [0.2, 0.25) is 0 Å². The lowest BCUT2D eigenvalue weighted by molar-refractivity contribution is -0.137. The van der Waals surface area contributed by atoms with Gasteiger partial charge in [-0.1, -0.05) is 6.58 Å². The SMILES string of the molecule is C=C1N(CC(F)(F)F)C(=O)c2c(sc(C=NC)c2C)N1CC1CCCO1. The molecule has 3 heterocycles. The van der Waals surface area contributed by atoms with Crippen LogP contribution in [0, 0.1) is 6.92 Å². The standard InChI is InChI=1S/C17H20F3N3O2S/c1-10-13(7-21-3)26-16-14(10)15(24)23(9-17(18,19)20)11(2)22(16)8-12-5-4-6-25-12/h7,12H,2,4-6,8-9H2,1,3H3. The maximum absolute atomic E-state index is 13.0. The van der Waals surface area contributed by atoms with E-state index < -0.39 is 18.6 Å². The third-order valence-electron chi connectivity index (χ3n) is 4.49. The van der Waals surface area contributed by atoms with Crippen molar-refractivity contribution in [3.8, 4) is 0 Å². The number of aliphatic imine (C=N–C) groups is 1. The lowest BCUT2D eigenvalue weighted by Gasteiger charge is -2.39. The highest BCUT2D eigenvalue weighted by Gasteiger charge is 2.42. The van der Waals surface area contributed by atoms with Gasteiger partial charge in [0.1, 0.15) is 17.4 Å². The minimum atomic E-state index is -4.51. The first-order chi connectivity index (χ1) is 12.2. The van der Waals surface area contributed by atoms with E-state index in [1.165, 1.54) is 11.3 Å². The van der Waals surface area contributed by atoms with E-state index in [0.717, 1.165) is 17.7 Å². The van der Waals surface area contributed by atoms with Crippen molar-refractivity contribution < 1.29 is 22.7 Å². The predicted octanol–water partition coefficient (Wildman–Crippen LogP) is 3.58. The van der Waals surface area contributed by atoms with E-state index in [9.17, 15) is 18.0 Å². The number of hydrogen-bond donors (Lipinski definition) is 0. The lowest BCUT2D eigenvalue weighted by Crippen LogP contribution is -2.49. The molecule has 1 saturated heterocycles. The second kappa shape index (κ2) is 7.03. The number of fused-ring (bicyclic) bond motifs is 1. The third-order valence-corrected chi connectivity index (χ3v) is 5.74. The van der Waals surface area contributed by atoms with Gasteiger partial charge in [0.15, 0.2) is 0 Å². The number of ether oxygens (including phenoxy) is 1. The van der Waals surface area contributed by atoms with Crippen LogP contribution in [0.3, 0.4) is 0 Å². The summed E-state index contributed by atoms with van der Waals surface area (Å²) in [5.41, 5.74) is 0.928. The van der Waals surface area contributed by atoms with Crippen LogP contribution in [0.15, 0.2) is 17.4 Å². The van der Waals surface area contributed by atoms with E-state index in [-0.39, 0.29) is 11.9 Å². The fourth-order valence-corrected chi connectivity index (χ4v) is 4.49. The molecule has 26 heavy (non-hydrogen) atoms. The van der Waals surface area contributed by atoms with E-state index >= 15 is 0 Å². The Hall–Kier alpha value is -1.87. The quantitative estimate of drug-likeness (QED) is 0.742. The molecule has 1 aromatic rings. The summed E-state index contributed by atoms with van der Waals surface area (Å²) in [4.78, 5) is 19.9. The van der Waals surface area contributed by atoms with Gasteiger partial charge in [0, 0.05) is 19.9 Å². The first kappa shape index (κ1) is 18.9. The van der Waals surface area contributed by atoms with Crippen LogP contribution in [0.25, 0.3) is 0 Å². The van der Waals surface area contributed by atoms with Crippen molar-refractivity contribution in [1.82, 2.24) is 4.90 Å². The van der Waals surface area contributed by atoms with Gasteiger partial charge in [-0.15, -0.1) is 11.3 Å². The van der Waals surface area contributed by atoms with Crippen molar-refractivity contribution in [2.45, 2.75) is 32.0 Å². The van der Waals surface area contributed by atoms with Gasteiger partial charge < -0.3 is 9.64 Å². The Morgan fingerprint density at radius 3 is 2.73 bits per heavy atom. The first-order valence-corrected chi connectivity index (χ1v) is 9.06. The zero-order valence-electron chi connectivity index (χ0n) is 14.6. The minimum Gasteiger partial charge on any atom is -0.376 e. The van der Waals surface area contributed by atoms with Crippen molar-refractivity contribution in [2.75, 3.05) is 31.6 Å². The Morgan fingerprint density at radius 1 is 1.42 bits per heavy atom. The number of amides is 1. The summed E-state index contributed by atoms with van der Waals surface area (Å²) in [6.07, 6.45) is -1.23. The van der Waals surface area contributed by atoms with Crippen LogP contribution in [0.2, 0.25) is 0 Å². The predicted molar refractivity (Wildman–Crippen MR) is 95.1 cm³/mol. The molecule has 1 atom stereocenters. The van der Waals surface area contributed by atoms with Crippen molar-refractivity contribution in [2.24, 2.45) is 4.99 Å². The number of carbonyl (C=O) groups excluding carboxylic acids is 1. The molecule has 0 spiro atoms. The highest BCUT2D eigenvalue weighted by Crippen LogP contribution is 2.43. The zero-order chi connectivity index (χ0) is 19.1. The highest BCUT2D eigenvalue weighted by molar-refractivity contribution is 7.18. The van der Waals surface area contributed by atoms with Crippen LogP contribution in [0.1, 0.15) is 33.6 Å². The van der Waals surface area contributed by atoms with Gasteiger partial charge in [-0.05, 0) is 25.3 Å². The molecule has 0 saturated carbocycles. The molecule has 0 bridgehead atoms. The van der Waals surface area contributed by atoms with E-state index in [0.29, 0.717) is 34.2 Å². The Labute approximate surface area is 153 Å². The largest absolute Gasteiger partial charge is 0.406 e. The van der Waals surface area contributed by atoms with Gasteiger partial charge >= 0.3 is 6.18 Å². The van der Waals surface area contributed by atoms with Crippen LogP contribution in [0.4, 0.5) is 18.2 Å². The molecule has 5 nitrogen and oxygen atoms in total. The molecule has 0 aromatic carbocycles. The normalized spacial score (nSPS) is 21.2. The molecule has 142 valence electrons. The highest BCUT2D eigenvalue weighted by atomic mass is 32.1. The molecule has 1 amide bonds. The Balaban J connectivity index is 2.04. The molecular formula is C17H20F3N3O2S. The van der Waals surface area contributed by atoms with Crippen LogP contribution in [-0.4, -0.2) is 56.0 Å². The number of rotatable bonds is 4. The average molecular weight is 387 g/mol. The summed E-state index contributed by atoms with van der Waals surface area (Å²) in [6, 6.07) is 0. The molecular weight excluding hydrogens is 367 g/mol. The fraction of sp³-hybridized carbons (Fsp3) is 0.529. The maximum Gasteiger partial charge on any atom is 0.406 e. The van der Waals surface area contributed by atoms with Crippen molar-refractivity contribution in [3.63, 3.8) is 0 Å². The van der Waals surface area contributed by atoms with Gasteiger partial charge in [0.05, 0.1) is 23.1 Å². The molecule has 0 N–H and O–H groups in total. The molecule has 1 fully saturated rings. The zero-order valence-corrected chi connectivity index (χ0v) is 15.4. The Kier molecular flexibility index (Phi) is 5.12. The molecule has 0 radical (unpaired) electrons. The number of anilines is 1. The van der Waals surface area contributed by atoms with Crippen LogP contribution < -0.4 is 4.90 Å². The van der Waals surface area contributed by atoms with E-state index in [1.807, 2.05) is 0 Å². The molecule has 1 aromatic heterocycles. The number of halogens is 3. The Bertz CT molecular complexity index is 751. The second-order valence-electron chi connectivity index (χ2n) is 6.33. The van der Waals surface area contributed by atoms with Crippen molar-refractivity contribution >= 4 is 28.5 Å². The number of alkyl halides is 3. The number of nitrogens with zero attached hydrogens (tertiary/aromatic N) is 3. The molecule has 1 unspecified atom stereocenters. The van der Waals surface area contributed by atoms with Crippen LogP contribution in [0.5, 0.6) is 0 Å². The fourth-order valence-electron chi connectivity index (χ4n) is 3.24. The smallest absolute Gasteiger partial charge is 0.376 e. The lowest BCUT2D eigenvalue weighted by atomic mass is 10.1. The number of carbonyl (C=O) groups is 1. The van der Waals surface area contributed by atoms with Gasteiger partial charge in [-0.3, -0.25) is 14.7 Å². The average Bonchev–Trinajstić information content (AvgIpc) is 3.16. The summed E-state index contributed by atoms with van der Waals surface area (Å²) in [5, 5.41) is 0.612. The maximum atomic E-state index is 13.0. The summed E-state index contributed by atoms with van der Waals surface area (Å²) in [5.74, 6) is -0.632.